The van der Waals surface area contributed by atoms with Gasteiger partial charge in [0.05, 0.1) is 18.7 Å². The normalized spacial score (nSPS) is 9.79. The van der Waals surface area contributed by atoms with E-state index in [1.807, 2.05) is 61.8 Å². The molecule has 1 amide bonds. The average Bonchev–Trinajstić information content (AvgIpc) is 3.29. The van der Waals surface area contributed by atoms with Gasteiger partial charge in [0.25, 0.3) is 5.91 Å². The quantitative estimate of drug-likeness (QED) is 0.224. The van der Waals surface area contributed by atoms with Crippen molar-refractivity contribution >= 4 is 52.1 Å². The molecule has 0 aliphatic carbocycles. The zero-order valence-electron chi connectivity index (χ0n) is 18.7. The summed E-state index contributed by atoms with van der Waals surface area (Å²) in [5, 5.41) is 6.35. The second-order valence-electron chi connectivity index (χ2n) is 6.45. The number of benzene rings is 2. The maximum atomic E-state index is 11.8. The maximum absolute atomic E-state index is 11.8. The summed E-state index contributed by atoms with van der Waals surface area (Å²) < 4.78 is 8.09. The first-order valence-electron chi connectivity index (χ1n) is 10.2. The number of hydrogen-bond acceptors (Lipinski definition) is 8. The van der Waals surface area contributed by atoms with E-state index in [2.05, 4.69) is 15.4 Å². The molecule has 0 saturated heterocycles. The lowest BCUT2D eigenvalue weighted by Gasteiger charge is -2.04. The van der Waals surface area contributed by atoms with Crippen molar-refractivity contribution in [1.29, 1.82) is 0 Å². The molecule has 3 aromatic rings. The average molecular weight is 486 g/mol. The van der Waals surface area contributed by atoms with E-state index < -0.39 is 0 Å². The number of aldehydes is 1. The SMILES string of the molecule is CCOC(=O)c1cc(-c2ccccc2)sc1NC.CSNc1ccc(C(=O)NCC=O)cc1. The van der Waals surface area contributed by atoms with E-state index in [9.17, 15) is 14.4 Å². The number of carbonyl (C=O) groups excluding carboxylic acids is 3. The minimum atomic E-state index is -0.278. The number of hydrogen-bond donors (Lipinski definition) is 3. The number of ether oxygens (including phenoxy) is 1. The van der Waals surface area contributed by atoms with Gasteiger partial charge in [-0.05, 0) is 42.8 Å². The Morgan fingerprint density at radius 3 is 2.36 bits per heavy atom. The van der Waals surface area contributed by atoms with Crippen LogP contribution in [0.5, 0.6) is 0 Å². The third-order valence-electron chi connectivity index (χ3n) is 4.23. The smallest absolute Gasteiger partial charge is 0.341 e. The molecule has 9 heteroatoms. The third-order valence-corrected chi connectivity index (χ3v) is 5.87. The van der Waals surface area contributed by atoms with Gasteiger partial charge in [0.1, 0.15) is 11.3 Å². The minimum absolute atomic E-state index is 0.0453. The Bertz CT molecular complexity index is 1040. The van der Waals surface area contributed by atoms with Crippen LogP contribution in [0, 0.1) is 0 Å². The molecule has 174 valence electrons. The first-order chi connectivity index (χ1) is 16.0. The Morgan fingerprint density at radius 1 is 1.09 bits per heavy atom. The first-order valence-corrected chi connectivity index (χ1v) is 12.2. The van der Waals surface area contributed by atoms with E-state index in [-0.39, 0.29) is 18.4 Å². The van der Waals surface area contributed by atoms with Crippen LogP contribution in [0.1, 0.15) is 27.6 Å². The van der Waals surface area contributed by atoms with E-state index in [1.165, 1.54) is 11.9 Å². The van der Waals surface area contributed by atoms with Crippen LogP contribution in [0.25, 0.3) is 10.4 Å². The Kier molecular flexibility index (Phi) is 11.0. The van der Waals surface area contributed by atoms with Crippen molar-refractivity contribution in [2.75, 3.05) is 36.5 Å². The highest BCUT2D eigenvalue weighted by molar-refractivity contribution is 7.99. The molecular formula is C24H27N3O4S2. The fourth-order valence-corrected chi connectivity index (χ4v) is 4.10. The highest BCUT2D eigenvalue weighted by Crippen LogP contribution is 2.35. The maximum Gasteiger partial charge on any atom is 0.341 e. The number of esters is 1. The van der Waals surface area contributed by atoms with E-state index in [0.717, 1.165) is 21.1 Å². The van der Waals surface area contributed by atoms with Crippen LogP contribution in [0.2, 0.25) is 0 Å². The molecule has 3 rings (SSSR count). The van der Waals surface area contributed by atoms with Gasteiger partial charge in [0, 0.05) is 29.4 Å². The minimum Gasteiger partial charge on any atom is -0.462 e. The summed E-state index contributed by atoms with van der Waals surface area (Å²) in [6.45, 7) is 2.24. The van der Waals surface area contributed by atoms with Gasteiger partial charge in [0.2, 0.25) is 0 Å². The number of thiophene rings is 1. The standard InChI is InChI=1S/C14H15NO2S.C10H12N2O2S/c1-3-17-14(16)11-9-12(18-13(11)15-2)10-7-5-4-6-8-10;1-15-12-9-4-2-8(3-5-9)10(14)11-6-7-13/h4-9,15H,3H2,1-2H3;2-5,7,12H,6H2,1H3,(H,11,14). The number of nitrogens with one attached hydrogen (secondary N) is 3. The molecule has 0 radical (unpaired) electrons. The Labute approximate surface area is 202 Å². The Morgan fingerprint density at radius 2 is 1.79 bits per heavy atom. The molecule has 1 aromatic heterocycles. The van der Waals surface area contributed by atoms with Crippen LogP contribution < -0.4 is 15.4 Å². The fourth-order valence-electron chi connectivity index (χ4n) is 2.73. The molecule has 3 N–H and O–H groups in total. The van der Waals surface area contributed by atoms with Crippen LogP contribution in [0.3, 0.4) is 0 Å². The molecule has 33 heavy (non-hydrogen) atoms. The lowest BCUT2D eigenvalue weighted by molar-refractivity contribution is -0.107. The summed E-state index contributed by atoms with van der Waals surface area (Å²) >= 11 is 3.04. The van der Waals surface area contributed by atoms with Gasteiger partial charge in [-0.25, -0.2) is 4.79 Å². The van der Waals surface area contributed by atoms with Crippen molar-refractivity contribution in [2.45, 2.75) is 6.92 Å². The third kappa shape index (κ3) is 7.96. The molecule has 0 fully saturated rings. The molecular weight excluding hydrogens is 458 g/mol. The zero-order valence-corrected chi connectivity index (χ0v) is 20.3. The van der Waals surface area contributed by atoms with Crippen LogP contribution in [0.4, 0.5) is 10.7 Å². The number of carbonyl (C=O) groups is 3. The second kappa shape index (κ2) is 14.0. The predicted molar refractivity (Wildman–Crippen MR) is 137 cm³/mol. The summed E-state index contributed by atoms with van der Waals surface area (Å²) in [7, 11) is 1.81. The first kappa shape index (κ1) is 26.0. The highest BCUT2D eigenvalue weighted by atomic mass is 32.2. The molecule has 7 nitrogen and oxygen atoms in total. The Hall–Kier alpha value is -3.30. The van der Waals surface area contributed by atoms with Gasteiger partial charge >= 0.3 is 5.97 Å². The van der Waals surface area contributed by atoms with Crippen LogP contribution in [-0.2, 0) is 9.53 Å². The molecule has 0 aliphatic rings. The fraction of sp³-hybridized carbons (Fsp3) is 0.208. The molecule has 0 aliphatic heterocycles. The van der Waals surface area contributed by atoms with Crippen LogP contribution in [0.15, 0.2) is 60.7 Å². The second-order valence-corrected chi connectivity index (χ2v) is 8.11. The van der Waals surface area contributed by atoms with Crippen molar-refractivity contribution in [3.8, 4) is 10.4 Å². The molecule has 0 saturated carbocycles. The summed E-state index contributed by atoms with van der Waals surface area (Å²) in [6, 6.07) is 18.9. The Balaban J connectivity index is 0.000000238. The summed E-state index contributed by atoms with van der Waals surface area (Å²) in [6.07, 6.45) is 2.58. The van der Waals surface area contributed by atoms with E-state index in [1.54, 1.807) is 30.4 Å². The number of anilines is 2. The largest absolute Gasteiger partial charge is 0.462 e. The zero-order chi connectivity index (χ0) is 24.1. The van der Waals surface area contributed by atoms with Gasteiger partial charge in [-0.15, -0.1) is 11.3 Å². The topological polar surface area (TPSA) is 96.5 Å². The molecule has 1 heterocycles. The van der Waals surface area contributed by atoms with E-state index >= 15 is 0 Å². The monoisotopic (exact) mass is 485 g/mol. The van der Waals surface area contributed by atoms with Crippen molar-refractivity contribution in [3.05, 3.63) is 71.8 Å². The number of rotatable bonds is 9. The van der Waals surface area contributed by atoms with E-state index in [4.69, 9.17) is 4.74 Å². The summed E-state index contributed by atoms with van der Waals surface area (Å²) in [4.78, 5) is 34.3. The molecule has 0 atom stereocenters. The van der Waals surface area contributed by atoms with Crippen molar-refractivity contribution in [2.24, 2.45) is 0 Å². The lowest BCUT2D eigenvalue weighted by atomic mass is 10.1. The van der Waals surface area contributed by atoms with Gasteiger partial charge in [-0.1, -0.05) is 42.3 Å². The van der Waals surface area contributed by atoms with Crippen LogP contribution >= 0.6 is 23.3 Å². The van der Waals surface area contributed by atoms with Crippen molar-refractivity contribution < 1.29 is 19.1 Å². The van der Waals surface area contributed by atoms with Gasteiger partial charge < -0.3 is 24.9 Å². The van der Waals surface area contributed by atoms with Gasteiger partial charge in [-0.2, -0.15) is 0 Å². The van der Waals surface area contributed by atoms with Crippen molar-refractivity contribution in [1.82, 2.24) is 5.32 Å². The summed E-state index contributed by atoms with van der Waals surface area (Å²) in [5.41, 5.74) is 3.19. The van der Waals surface area contributed by atoms with Gasteiger partial charge in [-0.3, -0.25) is 4.79 Å². The molecule has 2 aromatic carbocycles. The number of amides is 1. The molecule has 0 unspecified atom stereocenters. The van der Waals surface area contributed by atoms with Crippen LogP contribution in [-0.4, -0.2) is 44.6 Å². The highest BCUT2D eigenvalue weighted by Gasteiger charge is 2.16. The lowest BCUT2D eigenvalue weighted by Crippen LogP contribution is -2.24. The van der Waals surface area contributed by atoms with Crippen molar-refractivity contribution in [3.63, 3.8) is 0 Å². The molecule has 0 spiro atoms. The van der Waals surface area contributed by atoms with Gasteiger partial charge in [0.15, 0.2) is 0 Å². The summed E-state index contributed by atoms with van der Waals surface area (Å²) in [5.74, 6) is -0.516. The predicted octanol–water partition coefficient (Wildman–Crippen LogP) is 4.94. The van der Waals surface area contributed by atoms with E-state index in [0.29, 0.717) is 24.0 Å². The molecule has 0 bridgehead atoms.